The van der Waals surface area contributed by atoms with Crippen LogP contribution in [0.4, 0.5) is 0 Å². The maximum Gasteiger partial charge on any atom is 0.274 e. The van der Waals surface area contributed by atoms with Gasteiger partial charge in [0.15, 0.2) is 0 Å². The minimum atomic E-state index is -0.0294. The molecule has 3 heterocycles. The summed E-state index contributed by atoms with van der Waals surface area (Å²) in [5.74, 6) is -0.0294. The van der Waals surface area contributed by atoms with Crippen LogP contribution >= 0.6 is 0 Å². The van der Waals surface area contributed by atoms with Crippen molar-refractivity contribution in [2.75, 3.05) is 26.3 Å². The summed E-state index contributed by atoms with van der Waals surface area (Å²) in [5, 5.41) is 0. The van der Waals surface area contributed by atoms with Crippen LogP contribution in [0.15, 0.2) is 54.9 Å². The number of imidazole rings is 1. The summed E-state index contributed by atoms with van der Waals surface area (Å²) >= 11 is 0. The molecule has 2 aromatic heterocycles. The predicted octanol–water partition coefficient (Wildman–Crippen LogP) is 2.47. The average molecular weight is 307 g/mol. The van der Waals surface area contributed by atoms with Crippen molar-refractivity contribution in [2.45, 2.75) is 0 Å². The van der Waals surface area contributed by atoms with Gasteiger partial charge in [-0.25, -0.2) is 4.98 Å². The highest BCUT2D eigenvalue weighted by Crippen LogP contribution is 2.20. The minimum absolute atomic E-state index is 0.0294. The summed E-state index contributed by atoms with van der Waals surface area (Å²) in [6.45, 7) is 2.44. The van der Waals surface area contributed by atoms with E-state index in [9.17, 15) is 4.79 Å². The van der Waals surface area contributed by atoms with Crippen molar-refractivity contribution in [2.24, 2.45) is 0 Å². The van der Waals surface area contributed by atoms with E-state index in [1.165, 1.54) is 0 Å². The number of amides is 1. The molecule has 1 aromatic carbocycles. The van der Waals surface area contributed by atoms with Crippen molar-refractivity contribution in [1.29, 1.82) is 0 Å². The molecule has 23 heavy (non-hydrogen) atoms. The van der Waals surface area contributed by atoms with E-state index in [-0.39, 0.29) is 5.91 Å². The third kappa shape index (κ3) is 2.71. The summed E-state index contributed by atoms with van der Waals surface area (Å²) in [7, 11) is 0. The Morgan fingerprint density at radius 3 is 2.52 bits per heavy atom. The lowest BCUT2D eigenvalue weighted by Gasteiger charge is -2.25. The molecule has 0 bridgehead atoms. The molecule has 0 unspecified atom stereocenters. The molecule has 0 atom stereocenters. The fraction of sp³-hybridized carbons (Fsp3) is 0.222. The smallest absolute Gasteiger partial charge is 0.274 e. The number of hydrogen-bond acceptors (Lipinski definition) is 3. The first kappa shape index (κ1) is 14.0. The molecule has 4 rings (SSSR count). The molecule has 0 N–H and O–H groups in total. The van der Waals surface area contributed by atoms with Gasteiger partial charge in [0, 0.05) is 25.5 Å². The number of rotatable bonds is 2. The SMILES string of the molecule is O=C(c1cn2cc(-c3ccccc3)ccc2n1)N1CCOCC1. The van der Waals surface area contributed by atoms with E-state index in [2.05, 4.69) is 17.1 Å². The molecule has 1 amide bonds. The van der Waals surface area contributed by atoms with Gasteiger partial charge in [-0.2, -0.15) is 0 Å². The second kappa shape index (κ2) is 5.85. The second-order valence-electron chi connectivity index (χ2n) is 5.58. The van der Waals surface area contributed by atoms with Crippen LogP contribution in [0.1, 0.15) is 10.5 Å². The van der Waals surface area contributed by atoms with Crippen molar-refractivity contribution in [1.82, 2.24) is 14.3 Å². The lowest BCUT2D eigenvalue weighted by molar-refractivity contribution is 0.0299. The zero-order valence-electron chi connectivity index (χ0n) is 12.7. The summed E-state index contributed by atoms with van der Waals surface area (Å²) in [4.78, 5) is 18.8. The molecule has 0 aliphatic carbocycles. The highest BCUT2D eigenvalue weighted by Gasteiger charge is 2.21. The third-order valence-electron chi connectivity index (χ3n) is 4.08. The van der Waals surface area contributed by atoms with Crippen LogP contribution in [0.2, 0.25) is 0 Å². The van der Waals surface area contributed by atoms with Gasteiger partial charge < -0.3 is 14.0 Å². The van der Waals surface area contributed by atoms with Gasteiger partial charge in [0.25, 0.3) is 5.91 Å². The number of morpholine rings is 1. The van der Waals surface area contributed by atoms with E-state index < -0.39 is 0 Å². The monoisotopic (exact) mass is 307 g/mol. The molecule has 5 nitrogen and oxygen atoms in total. The van der Waals surface area contributed by atoms with E-state index in [1.807, 2.05) is 40.9 Å². The quantitative estimate of drug-likeness (QED) is 0.731. The van der Waals surface area contributed by atoms with E-state index in [4.69, 9.17) is 4.74 Å². The lowest BCUT2D eigenvalue weighted by atomic mass is 10.1. The van der Waals surface area contributed by atoms with Gasteiger partial charge in [0.05, 0.1) is 13.2 Å². The number of carbonyl (C=O) groups excluding carboxylic acids is 1. The van der Waals surface area contributed by atoms with Gasteiger partial charge in [0.2, 0.25) is 0 Å². The first-order chi connectivity index (χ1) is 11.3. The number of hydrogen-bond donors (Lipinski definition) is 0. The standard InChI is InChI=1S/C18H17N3O2/c22-18(20-8-10-23-11-9-20)16-13-21-12-15(6-7-17(21)19-16)14-4-2-1-3-5-14/h1-7,12-13H,8-11H2. The van der Waals surface area contributed by atoms with Crippen LogP contribution in [0.5, 0.6) is 0 Å². The van der Waals surface area contributed by atoms with Gasteiger partial charge in [-0.05, 0) is 23.3 Å². The van der Waals surface area contributed by atoms with Crippen molar-refractivity contribution in [3.63, 3.8) is 0 Å². The van der Waals surface area contributed by atoms with Gasteiger partial charge >= 0.3 is 0 Å². The Kier molecular flexibility index (Phi) is 3.55. The second-order valence-corrected chi connectivity index (χ2v) is 5.58. The Bertz CT molecular complexity index is 836. The van der Waals surface area contributed by atoms with Gasteiger partial charge in [0.1, 0.15) is 11.3 Å². The normalized spacial score (nSPS) is 15.0. The van der Waals surface area contributed by atoms with Crippen LogP contribution in [0, 0.1) is 0 Å². The molecule has 0 radical (unpaired) electrons. The highest BCUT2D eigenvalue weighted by atomic mass is 16.5. The molecule has 1 aliphatic rings. The van der Waals surface area contributed by atoms with E-state index in [0.717, 1.165) is 16.8 Å². The van der Waals surface area contributed by atoms with Crippen LogP contribution < -0.4 is 0 Å². The molecule has 3 aromatic rings. The number of carbonyl (C=O) groups is 1. The van der Waals surface area contributed by atoms with Crippen LogP contribution in [-0.4, -0.2) is 46.5 Å². The van der Waals surface area contributed by atoms with Gasteiger partial charge in [-0.3, -0.25) is 4.79 Å². The summed E-state index contributed by atoms with van der Waals surface area (Å²) < 4.78 is 7.20. The van der Waals surface area contributed by atoms with Crippen molar-refractivity contribution < 1.29 is 9.53 Å². The molecular weight excluding hydrogens is 290 g/mol. The first-order valence-electron chi connectivity index (χ1n) is 7.72. The maximum absolute atomic E-state index is 12.5. The number of fused-ring (bicyclic) bond motifs is 1. The largest absolute Gasteiger partial charge is 0.378 e. The van der Waals surface area contributed by atoms with E-state index >= 15 is 0 Å². The fourth-order valence-corrected chi connectivity index (χ4v) is 2.82. The van der Waals surface area contributed by atoms with Crippen LogP contribution in [-0.2, 0) is 4.74 Å². The molecule has 5 heteroatoms. The van der Waals surface area contributed by atoms with Crippen LogP contribution in [0.3, 0.4) is 0 Å². The van der Waals surface area contributed by atoms with Crippen molar-refractivity contribution >= 4 is 11.6 Å². The molecule has 1 fully saturated rings. The molecule has 0 spiro atoms. The summed E-state index contributed by atoms with van der Waals surface area (Å²) in [5.41, 5.74) is 3.50. The van der Waals surface area contributed by atoms with Crippen LogP contribution in [0.25, 0.3) is 16.8 Å². The Morgan fingerprint density at radius 2 is 1.74 bits per heavy atom. The predicted molar refractivity (Wildman–Crippen MR) is 87.4 cm³/mol. The summed E-state index contributed by atoms with van der Waals surface area (Å²) in [6.07, 6.45) is 3.81. The number of pyridine rings is 1. The van der Waals surface area contributed by atoms with Gasteiger partial charge in [-0.15, -0.1) is 0 Å². The zero-order chi connectivity index (χ0) is 15.6. The lowest BCUT2D eigenvalue weighted by Crippen LogP contribution is -2.40. The highest BCUT2D eigenvalue weighted by molar-refractivity contribution is 5.93. The average Bonchev–Trinajstić information content (AvgIpc) is 3.06. The molecule has 0 saturated carbocycles. The Labute approximate surface area is 134 Å². The molecule has 1 saturated heterocycles. The Hall–Kier alpha value is -2.66. The van der Waals surface area contributed by atoms with E-state index in [0.29, 0.717) is 32.0 Å². The van der Waals surface area contributed by atoms with Gasteiger partial charge in [-0.1, -0.05) is 30.3 Å². The molecular formula is C18H17N3O2. The Balaban J connectivity index is 1.66. The fourth-order valence-electron chi connectivity index (χ4n) is 2.82. The third-order valence-corrected chi connectivity index (χ3v) is 4.08. The topological polar surface area (TPSA) is 46.8 Å². The minimum Gasteiger partial charge on any atom is -0.378 e. The zero-order valence-corrected chi connectivity index (χ0v) is 12.7. The Morgan fingerprint density at radius 1 is 0.957 bits per heavy atom. The molecule has 116 valence electrons. The number of ether oxygens (including phenoxy) is 1. The number of benzene rings is 1. The number of aromatic nitrogens is 2. The van der Waals surface area contributed by atoms with Crippen molar-refractivity contribution in [3.05, 3.63) is 60.6 Å². The molecule has 1 aliphatic heterocycles. The summed E-state index contributed by atoms with van der Waals surface area (Å²) in [6, 6.07) is 14.1. The number of nitrogens with zero attached hydrogens (tertiary/aromatic N) is 3. The first-order valence-corrected chi connectivity index (χ1v) is 7.72. The maximum atomic E-state index is 12.5. The van der Waals surface area contributed by atoms with Crippen molar-refractivity contribution in [3.8, 4) is 11.1 Å². The van der Waals surface area contributed by atoms with E-state index in [1.54, 1.807) is 11.1 Å².